The lowest BCUT2D eigenvalue weighted by Gasteiger charge is -2.08. The van der Waals surface area contributed by atoms with E-state index in [0.29, 0.717) is 11.6 Å². The van der Waals surface area contributed by atoms with E-state index in [-0.39, 0.29) is 21.5 Å². The zero-order valence-corrected chi connectivity index (χ0v) is 12.5. The van der Waals surface area contributed by atoms with Crippen LogP contribution in [0.4, 0.5) is 14.5 Å². The van der Waals surface area contributed by atoms with Crippen molar-refractivity contribution in [3.63, 3.8) is 0 Å². The van der Waals surface area contributed by atoms with Gasteiger partial charge in [0.15, 0.2) is 5.78 Å². The lowest BCUT2D eigenvalue weighted by molar-refractivity contribution is 0.101. The Morgan fingerprint density at radius 2 is 1.71 bits per heavy atom. The highest BCUT2D eigenvalue weighted by atomic mass is 79.9. The van der Waals surface area contributed by atoms with Crippen molar-refractivity contribution in [2.45, 2.75) is 6.92 Å². The second-order valence-corrected chi connectivity index (χ2v) is 5.19. The molecule has 0 saturated heterocycles. The van der Waals surface area contributed by atoms with Crippen LogP contribution in [-0.4, -0.2) is 11.7 Å². The monoisotopic (exact) mass is 353 g/mol. The van der Waals surface area contributed by atoms with Crippen LogP contribution in [-0.2, 0) is 0 Å². The molecule has 6 heteroatoms. The molecule has 0 aliphatic heterocycles. The van der Waals surface area contributed by atoms with E-state index >= 15 is 0 Å². The number of nitrogens with one attached hydrogen (secondary N) is 1. The second-order valence-electron chi connectivity index (χ2n) is 4.34. The van der Waals surface area contributed by atoms with E-state index in [1.54, 1.807) is 12.1 Å². The van der Waals surface area contributed by atoms with Gasteiger partial charge in [-0.3, -0.25) is 9.59 Å². The van der Waals surface area contributed by atoms with E-state index < -0.39 is 17.5 Å². The summed E-state index contributed by atoms with van der Waals surface area (Å²) in [5.74, 6) is -2.41. The molecule has 0 radical (unpaired) electrons. The van der Waals surface area contributed by atoms with Gasteiger partial charge in [-0.2, -0.15) is 0 Å². The maximum Gasteiger partial charge on any atom is 0.255 e. The van der Waals surface area contributed by atoms with Crippen LogP contribution >= 0.6 is 15.9 Å². The molecule has 0 spiro atoms. The molecule has 3 nitrogen and oxygen atoms in total. The predicted octanol–water partition coefficient (Wildman–Crippen LogP) is 4.18. The third-order valence-electron chi connectivity index (χ3n) is 2.79. The highest BCUT2D eigenvalue weighted by Gasteiger charge is 2.13. The summed E-state index contributed by atoms with van der Waals surface area (Å²) in [5, 5.41) is 2.34. The molecule has 2 aromatic rings. The fourth-order valence-corrected chi connectivity index (χ4v) is 2.04. The molecule has 0 bridgehead atoms. The lowest BCUT2D eigenvalue weighted by Crippen LogP contribution is -2.14. The fourth-order valence-electron chi connectivity index (χ4n) is 1.69. The molecule has 0 unspecified atom stereocenters. The van der Waals surface area contributed by atoms with Crippen LogP contribution in [0.1, 0.15) is 27.6 Å². The van der Waals surface area contributed by atoms with Gasteiger partial charge in [0.25, 0.3) is 5.91 Å². The minimum atomic E-state index is -0.883. The van der Waals surface area contributed by atoms with Gasteiger partial charge in [-0.05, 0) is 41.1 Å². The minimum Gasteiger partial charge on any atom is -0.319 e. The first kappa shape index (κ1) is 15.3. The quantitative estimate of drug-likeness (QED) is 0.664. The van der Waals surface area contributed by atoms with Crippen LogP contribution in [0.2, 0.25) is 0 Å². The van der Waals surface area contributed by atoms with Crippen molar-refractivity contribution in [3.8, 4) is 0 Å². The first-order chi connectivity index (χ1) is 9.88. The zero-order valence-electron chi connectivity index (χ0n) is 10.9. The Morgan fingerprint density at radius 1 is 1.05 bits per heavy atom. The van der Waals surface area contributed by atoms with Gasteiger partial charge in [-0.15, -0.1) is 0 Å². The Bertz CT molecular complexity index is 732. The van der Waals surface area contributed by atoms with E-state index in [4.69, 9.17) is 0 Å². The van der Waals surface area contributed by atoms with E-state index in [2.05, 4.69) is 21.2 Å². The smallest absolute Gasteiger partial charge is 0.255 e. The van der Waals surface area contributed by atoms with Gasteiger partial charge in [-0.25, -0.2) is 8.78 Å². The summed E-state index contributed by atoms with van der Waals surface area (Å²) in [4.78, 5) is 23.3. The summed E-state index contributed by atoms with van der Waals surface area (Å²) in [6, 6.07) is 7.85. The van der Waals surface area contributed by atoms with Gasteiger partial charge in [0, 0.05) is 17.2 Å². The summed E-state index contributed by atoms with van der Waals surface area (Å²) >= 11 is 2.92. The summed E-state index contributed by atoms with van der Waals surface area (Å²) in [6.45, 7) is 1.38. The van der Waals surface area contributed by atoms with Crippen molar-refractivity contribution in [2.75, 3.05) is 5.32 Å². The summed E-state index contributed by atoms with van der Waals surface area (Å²) in [7, 11) is 0. The number of benzene rings is 2. The van der Waals surface area contributed by atoms with E-state index in [1.165, 1.54) is 19.1 Å². The summed E-state index contributed by atoms with van der Waals surface area (Å²) < 4.78 is 26.7. The number of halogens is 3. The minimum absolute atomic E-state index is 0.0386. The molecule has 0 aromatic heterocycles. The highest BCUT2D eigenvalue weighted by molar-refractivity contribution is 9.10. The molecule has 2 rings (SSSR count). The average Bonchev–Trinajstić information content (AvgIpc) is 2.44. The van der Waals surface area contributed by atoms with Crippen LogP contribution in [0.5, 0.6) is 0 Å². The van der Waals surface area contributed by atoms with Gasteiger partial charge < -0.3 is 5.32 Å². The Kier molecular flexibility index (Phi) is 4.47. The molecular formula is C15H10BrF2NO2. The third kappa shape index (κ3) is 3.52. The fraction of sp³-hybridized carbons (Fsp3) is 0.0667. The summed E-state index contributed by atoms with van der Waals surface area (Å²) in [5.41, 5.74) is 0.437. The molecule has 2 aromatic carbocycles. The average molecular weight is 354 g/mol. The van der Waals surface area contributed by atoms with E-state index in [9.17, 15) is 18.4 Å². The molecule has 108 valence electrons. The van der Waals surface area contributed by atoms with Gasteiger partial charge in [0.2, 0.25) is 0 Å². The number of anilines is 1. The highest BCUT2D eigenvalue weighted by Crippen LogP contribution is 2.24. The van der Waals surface area contributed by atoms with Crippen LogP contribution in [0, 0.1) is 11.6 Å². The van der Waals surface area contributed by atoms with Crippen molar-refractivity contribution in [1.29, 1.82) is 0 Å². The summed E-state index contributed by atoms with van der Waals surface area (Å²) in [6.07, 6.45) is 0. The number of carbonyl (C=O) groups excluding carboxylic acids is 2. The SMILES string of the molecule is CC(=O)c1cccc(C(=O)Nc2cc(Br)c(F)cc2F)c1. The Morgan fingerprint density at radius 3 is 2.38 bits per heavy atom. The Labute approximate surface area is 128 Å². The lowest BCUT2D eigenvalue weighted by atomic mass is 10.1. The van der Waals surface area contributed by atoms with Gasteiger partial charge >= 0.3 is 0 Å². The van der Waals surface area contributed by atoms with Crippen molar-refractivity contribution < 1.29 is 18.4 Å². The maximum atomic E-state index is 13.6. The molecule has 0 heterocycles. The molecule has 0 saturated carbocycles. The van der Waals surface area contributed by atoms with E-state index in [1.807, 2.05) is 0 Å². The molecule has 21 heavy (non-hydrogen) atoms. The number of carbonyl (C=O) groups is 2. The molecule has 0 atom stereocenters. The molecule has 1 N–H and O–H groups in total. The first-order valence-electron chi connectivity index (χ1n) is 5.95. The van der Waals surface area contributed by atoms with Crippen LogP contribution in [0.15, 0.2) is 40.9 Å². The van der Waals surface area contributed by atoms with Crippen LogP contribution in [0.25, 0.3) is 0 Å². The Hall–Kier alpha value is -2.08. The Balaban J connectivity index is 2.28. The van der Waals surface area contributed by atoms with Gasteiger partial charge in [-0.1, -0.05) is 12.1 Å². The van der Waals surface area contributed by atoms with Crippen molar-refractivity contribution in [2.24, 2.45) is 0 Å². The maximum absolute atomic E-state index is 13.6. The zero-order chi connectivity index (χ0) is 15.6. The molecule has 0 fully saturated rings. The van der Waals surface area contributed by atoms with Crippen molar-refractivity contribution in [1.82, 2.24) is 0 Å². The van der Waals surface area contributed by atoms with Crippen molar-refractivity contribution >= 4 is 33.3 Å². The van der Waals surface area contributed by atoms with Gasteiger partial charge in [0.05, 0.1) is 10.2 Å². The number of ketones is 1. The predicted molar refractivity (Wildman–Crippen MR) is 78.5 cm³/mol. The second kappa shape index (κ2) is 6.13. The van der Waals surface area contributed by atoms with Gasteiger partial charge in [0.1, 0.15) is 11.6 Å². The van der Waals surface area contributed by atoms with Crippen molar-refractivity contribution in [3.05, 3.63) is 63.6 Å². The largest absolute Gasteiger partial charge is 0.319 e. The standard InChI is InChI=1S/C15H10BrF2NO2/c1-8(20)9-3-2-4-10(5-9)15(21)19-14-6-11(16)12(17)7-13(14)18/h2-7H,1H3,(H,19,21). The topological polar surface area (TPSA) is 46.2 Å². The number of hydrogen-bond donors (Lipinski definition) is 1. The third-order valence-corrected chi connectivity index (χ3v) is 3.40. The van der Waals surface area contributed by atoms with E-state index in [0.717, 1.165) is 6.07 Å². The molecular weight excluding hydrogens is 344 g/mol. The normalized spacial score (nSPS) is 10.3. The molecule has 1 amide bonds. The van der Waals surface area contributed by atoms with Crippen LogP contribution < -0.4 is 5.32 Å². The number of rotatable bonds is 3. The number of amides is 1. The van der Waals surface area contributed by atoms with Crippen LogP contribution in [0.3, 0.4) is 0 Å². The number of Topliss-reactive ketones (excluding diaryl/α,β-unsaturated/α-hetero) is 1. The molecule has 0 aliphatic carbocycles. The first-order valence-corrected chi connectivity index (χ1v) is 6.74. The molecule has 0 aliphatic rings. The number of hydrogen-bond acceptors (Lipinski definition) is 2.